The van der Waals surface area contributed by atoms with Crippen molar-refractivity contribution < 1.29 is 22.8 Å². The van der Waals surface area contributed by atoms with Gasteiger partial charge in [-0.3, -0.25) is 9.59 Å². The third-order valence-corrected chi connectivity index (χ3v) is 3.49. The summed E-state index contributed by atoms with van der Waals surface area (Å²) < 4.78 is 37.9. The number of alkyl halides is 3. The lowest BCUT2D eigenvalue weighted by Crippen LogP contribution is -2.29. The third kappa shape index (κ3) is 4.56. The van der Waals surface area contributed by atoms with Crippen LogP contribution in [0.4, 0.5) is 24.5 Å². The molecule has 0 heterocycles. The van der Waals surface area contributed by atoms with Crippen LogP contribution in [0.5, 0.6) is 0 Å². The number of amides is 2. The Kier molecular flexibility index (Phi) is 5.05. The van der Waals surface area contributed by atoms with Crippen molar-refractivity contribution in [3.05, 3.63) is 58.6 Å². The van der Waals surface area contributed by atoms with Crippen molar-refractivity contribution in [2.45, 2.75) is 6.18 Å². The quantitative estimate of drug-likeness (QED) is 0.765. The zero-order chi connectivity index (χ0) is 17.0. The van der Waals surface area contributed by atoms with E-state index >= 15 is 0 Å². The molecule has 23 heavy (non-hydrogen) atoms. The molecule has 0 spiro atoms. The van der Waals surface area contributed by atoms with Gasteiger partial charge in [0.15, 0.2) is 0 Å². The van der Waals surface area contributed by atoms with Crippen LogP contribution >= 0.6 is 15.9 Å². The van der Waals surface area contributed by atoms with E-state index in [2.05, 4.69) is 26.6 Å². The van der Waals surface area contributed by atoms with Crippen LogP contribution in [0.25, 0.3) is 0 Å². The molecule has 0 saturated carbocycles. The Morgan fingerprint density at radius 3 is 2.00 bits per heavy atom. The summed E-state index contributed by atoms with van der Waals surface area (Å²) in [5, 5.41) is 4.61. The molecule has 2 N–H and O–H groups in total. The summed E-state index contributed by atoms with van der Waals surface area (Å²) in [7, 11) is 0. The highest BCUT2D eigenvalue weighted by atomic mass is 79.9. The maximum absolute atomic E-state index is 12.4. The fourth-order valence-corrected chi connectivity index (χ4v) is 2.06. The normalized spacial score (nSPS) is 11.0. The largest absolute Gasteiger partial charge is 0.416 e. The smallest absolute Gasteiger partial charge is 0.318 e. The second-order valence-corrected chi connectivity index (χ2v) is 5.32. The maximum Gasteiger partial charge on any atom is 0.416 e. The van der Waals surface area contributed by atoms with Crippen molar-refractivity contribution in [3.8, 4) is 0 Å². The van der Waals surface area contributed by atoms with Crippen LogP contribution in [-0.2, 0) is 15.8 Å². The molecule has 0 bridgehead atoms. The molecule has 0 radical (unpaired) electrons. The van der Waals surface area contributed by atoms with E-state index in [1.807, 2.05) is 0 Å². The maximum atomic E-state index is 12.4. The number of carbonyl (C=O) groups excluding carboxylic acids is 2. The lowest BCUT2D eigenvalue weighted by molar-refractivity contribution is -0.137. The van der Waals surface area contributed by atoms with E-state index in [1.165, 1.54) is 0 Å². The van der Waals surface area contributed by atoms with Gasteiger partial charge in [0, 0.05) is 10.2 Å². The van der Waals surface area contributed by atoms with Crippen LogP contribution in [0.1, 0.15) is 5.56 Å². The highest BCUT2D eigenvalue weighted by Crippen LogP contribution is 2.29. The number of anilines is 2. The number of para-hydroxylation sites is 1. The van der Waals surface area contributed by atoms with Gasteiger partial charge in [-0.05, 0) is 52.3 Å². The summed E-state index contributed by atoms with van der Waals surface area (Å²) in [4.78, 5) is 23.5. The van der Waals surface area contributed by atoms with E-state index in [4.69, 9.17) is 0 Å². The van der Waals surface area contributed by atoms with Gasteiger partial charge in [0.2, 0.25) is 0 Å². The van der Waals surface area contributed by atoms with E-state index in [-0.39, 0.29) is 5.69 Å². The van der Waals surface area contributed by atoms with E-state index in [1.54, 1.807) is 24.3 Å². The minimum Gasteiger partial charge on any atom is -0.318 e. The van der Waals surface area contributed by atoms with Crippen molar-refractivity contribution in [1.82, 2.24) is 0 Å². The first-order chi connectivity index (χ1) is 10.8. The van der Waals surface area contributed by atoms with Crippen LogP contribution in [0.2, 0.25) is 0 Å². The molecule has 2 rings (SSSR count). The molecule has 120 valence electrons. The predicted molar refractivity (Wildman–Crippen MR) is 82.8 cm³/mol. The molecule has 2 amide bonds. The van der Waals surface area contributed by atoms with Gasteiger partial charge in [-0.2, -0.15) is 13.2 Å². The highest BCUT2D eigenvalue weighted by Gasteiger charge is 2.30. The number of nitrogens with one attached hydrogen (secondary N) is 2. The van der Waals surface area contributed by atoms with Gasteiger partial charge in [0.05, 0.1) is 11.3 Å². The van der Waals surface area contributed by atoms with Crippen molar-refractivity contribution in [3.63, 3.8) is 0 Å². The Balaban J connectivity index is 2.01. The molecule has 0 atom stereocenters. The molecule has 2 aromatic rings. The van der Waals surface area contributed by atoms with Crippen molar-refractivity contribution in [1.29, 1.82) is 0 Å². The van der Waals surface area contributed by atoms with E-state index in [0.717, 1.165) is 24.3 Å². The third-order valence-electron chi connectivity index (χ3n) is 2.80. The van der Waals surface area contributed by atoms with Crippen LogP contribution < -0.4 is 10.6 Å². The van der Waals surface area contributed by atoms with Crippen LogP contribution in [-0.4, -0.2) is 11.8 Å². The lowest BCUT2D eigenvalue weighted by Gasteiger charge is -2.09. The molecule has 0 saturated heterocycles. The Morgan fingerprint density at radius 1 is 0.870 bits per heavy atom. The summed E-state index contributed by atoms with van der Waals surface area (Å²) in [5.41, 5.74) is -0.349. The zero-order valence-electron chi connectivity index (χ0n) is 11.4. The van der Waals surface area contributed by atoms with Gasteiger partial charge in [-0.1, -0.05) is 12.1 Å². The molecule has 4 nitrogen and oxygen atoms in total. The fraction of sp³-hybridized carbons (Fsp3) is 0.0667. The van der Waals surface area contributed by atoms with Gasteiger partial charge >= 0.3 is 18.0 Å². The van der Waals surface area contributed by atoms with Gasteiger partial charge in [0.1, 0.15) is 0 Å². The van der Waals surface area contributed by atoms with Crippen LogP contribution in [0.3, 0.4) is 0 Å². The summed E-state index contributed by atoms with van der Waals surface area (Å²) in [5.74, 6) is -1.92. The molecule has 0 unspecified atom stereocenters. The zero-order valence-corrected chi connectivity index (χ0v) is 13.0. The van der Waals surface area contributed by atoms with Gasteiger partial charge < -0.3 is 10.6 Å². The standard InChI is InChI=1S/C15H10BrF3N2O2/c16-11-3-1-2-4-12(11)21-14(23)13(22)20-10-7-5-9(6-8-10)15(17,18)19/h1-8H,(H,20,22)(H,21,23). The predicted octanol–water partition coefficient (Wildman–Crippen LogP) is 4.05. The first kappa shape index (κ1) is 17.0. The molecular formula is C15H10BrF3N2O2. The second kappa shape index (κ2) is 6.82. The first-order valence-corrected chi connectivity index (χ1v) is 7.11. The van der Waals surface area contributed by atoms with Crippen LogP contribution in [0, 0.1) is 0 Å². The number of benzene rings is 2. The molecule has 0 aromatic heterocycles. The monoisotopic (exact) mass is 386 g/mol. The number of carbonyl (C=O) groups is 2. The Bertz CT molecular complexity index is 730. The molecular weight excluding hydrogens is 377 g/mol. The Labute approximate surface area is 137 Å². The lowest BCUT2D eigenvalue weighted by atomic mass is 10.2. The van der Waals surface area contributed by atoms with Gasteiger partial charge in [-0.15, -0.1) is 0 Å². The summed E-state index contributed by atoms with van der Waals surface area (Å²) >= 11 is 3.21. The van der Waals surface area contributed by atoms with E-state index in [0.29, 0.717) is 10.2 Å². The van der Waals surface area contributed by atoms with E-state index in [9.17, 15) is 22.8 Å². The molecule has 2 aromatic carbocycles. The summed E-state index contributed by atoms with van der Waals surface area (Å²) in [6.45, 7) is 0. The average Bonchev–Trinajstić information content (AvgIpc) is 2.49. The second-order valence-electron chi connectivity index (χ2n) is 4.46. The summed E-state index contributed by atoms with van der Waals surface area (Å²) in [6, 6.07) is 10.5. The van der Waals surface area contributed by atoms with E-state index < -0.39 is 23.6 Å². The highest BCUT2D eigenvalue weighted by molar-refractivity contribution is 9.10. The number of rotatable bonds is 2. The number of halogens is 4. The van der Waals surface area contributed by atoms with Gasteiger partial charge in [0.25, 0.3) is 0 Å². The molecule has 0 fully saturated rings. The topological polar surface area (TPSA) is 58.2 Å². The Hall–Kier alpha value is -2.35. The minimum atomic E-state index is -4.46. The first-order valence-electron chi connectivity index (χ1n) is 6.31. The van der Waals surface area contributed by atoms with Crippen molar-refractivity contribution in [2.24, 2.45) is 0 Å². The molecule has 0 aliphatic heterocycles. The number of hydrogen-bond acceptors (Lipinski definition) is 2. The van der Waals surface area contributed by atoms with Crippen LogP contribution in [0.15, 0.2) is 53.0 Å². The average molecular weight is 387 g/mol. The van der Waals surface area contributed by atoms with Crippen molar-refractivity contribution >= 4 is 39.1 Å². The SMILES string of the molecule is O=C(Nc1ccc(C(F)(F)F)cc1)C(=O)Nc1ccccc1Br. The number of hydrogen-bond donors (Lipinski definition) is 2. The minimum absolute atomic E-state index is 0.0882. The Morgan fingerprint density at radius 2 is 1.43 bits per heavy atom. The molecule has 0 aliphatic carbocycles. The molecule has 8 heteroatoms. The fourth-order valence-electron chi connectivity index (χ4n) is 1.67. The van der Waals surface area contributed by atoms with Crippen molar-refractivity contribution in [2.75, 3.05) is 10.6 Å². The van der Waals surface area contributed by atoms with Gasteiger partial charge in [-0.25, -0.2) is 0 Å². The molecule has 0 aliphatic rings. The summed E-state index contributed by atoms with van der Waals surface area (Å²) in [6.07, 6.45) is -4.46.